The lowest BCUT2D eigenvalue weighted by molar-refractivity contribution is -0.0221. The minimum Gasteiger partial charge on any atom is -0.374 e. The van der Waals surface area contributed by atoms with Gasteiger partial charge in [-0.05, 0) is 29.8 Å². The van der Waals surface area contributed by atoms with E-state index in [9.17, 15) is 8.78 Å². The van der Waals surface area contributed by atoms with Gasteiger partial charge < -0.3 is 19.5 Å². The Morgan fingerprint density at radius 1 is 1.19 bits per heavy atom. The zero-order valence-corrected chi connectivity index (χ0v) is 17.7. The molecule has 3 aromatic rings. The highest BCUT2D eigenvalue weighted by Gasteiger charge is 2.35. The SMILES string of the molecule is N#Cc1ccc(-c2cc3c(ccn3C[C@@H]3CNCCO3)nc2N2CCC(F)(F)CC2)cc1. The summed E-state index contributed by atoms with van der Waals surface area (Å²) in [6, 6.07) is 13.5. The van der Waals surface area contributed by atoms with Crippen LogP contribution in [-0.2, 0) is 11.3 Å². The maximum atomic E-state index is 13.8. The van der Waals surface area contributed by atoms with Crippen molar-refractivity contribution >= 4 is 16.9 Å². The van der Waals surface area contributed by atoms with Gasteiger partial charge in [0.1, 0.15) is 5.82 Å². The lowest BCUT2D eigenvalue weighted by Gasteiger charge is -2.33. The van der Waals surface area contributed by atoms with Crippen LogP contribution >= 0.6 is 0 Å². The molecule has 4 heterocycles. The Balaban J connectivity index is 1.55. The Hall–Kier alpha value is -3.02. The van der Waals surface area contributed by atoms with Crippen LogP contribution in [0.5, 0.6) is 0 Å². The molecular weight excluding hydrogens is 412 g/mol. The van der Waals surface area contributed by atoms with Crippen LogP contribution in [0.25, 0.3) is 22.2 Å². The number of aromatic nitrogens is 2. The smallest absolute Gasteiger partial charge is 0.251 e. The summed E-state index contributed by atoms with van der Waals surface area (Å²) in [5, 5.41) is 12.5. The molecule has 5 rings (SSSR count). The zero-order valence-electron chi connectivity index (χ0n) is 17.7. The van der Waals surface area contributed by atoms with Gasteiger partial charge >= 0.3 is 0 Å². The number of ether oxygens (including phenoxy) is 1. The minimum atomic E-state index is -2.62. The van der Waals surface area contributed by atoms with E-state index in [2.05, 4.69) is 22.0 Å². The van der Waals surface area contributed by atoms with Crippen molar-refractivity contribution in [3.63, 3.8) is 0 Å². The van der Waals surface area contributed by atoms with Gasteiger partial charge in [-0.15, -0.1) is 0 Å². The number of morpholine rings is 1. The van der Waals surface area contributed by atoms with E-state index in [0.717, 1.165) is 35.2 Å². The fourth-order valence-corrected chi connectivity index (χ4v) is 4.44. The van der Waals surface area contributed by atoms with Crippen LogP contribution in [0.4, 0.5) is 14.6 Å². The predicted molar refractivity (Wildman–Crippen MR) is 119 cm³/mol. The highest BCUT2D eigenvalue weighted by Crippen LogP contribution is 2.37. The van der Waals surface area contributed by atoms with Crippen LogP contribution in [0, 0.1) is 11.3 Å². The number of hydrogen-bond acceptors (Lipinski definition) is 5. The molecule has 32 heavy (non-hydrogen) atoms. The predicted octanol–water partition coefficient (Wildman–Crippen LogP) is 3.80. The quantitative estimate of drug-likeness (QED) is 0.673. The summed E-state index contributed by atoms with van der Waals surface area (Å²) >= 11 is 0. The van der Waals surface area contributed by atoms with E-state index in [4.69, 9.17) is 15.0 Å². The first-order chi connectivity index (χ1) is 15.5. The van der Waals surface area contributed by atoms with Crippen molar-refractivity contribution in [2.75, 3.05) is 37.7 Å². The number of piperidine rings is 1. The van der Waals surface area contributed by atoms with E-state index in [1.54, 1.807) is 12.1 Å². The monoisotopic (exact) mass is 437 g/mol. The van der Waals surface area contributed by atoms with Gasteiger partial charge in [0, 0.05) is 50.8 Å². The molecule has 0 aliphatic carbocycles. The highest BCUT2D eigenvalue weighted by atomic mass is 19.3. The average Bonchev–Trinajstić information content (AvgIpc) is 3.20. The van der Waals surface area contributed by atoms with Gasteiger partial charge in [0.25, 0.3) is 5.92 Å². The molecule has 8 heteroatoms. The van der Waals surface area contributed by atoms with Crippen molar-refractivity contribution in [2.45, 2.75) is 31.4 Å². The molecule has 166 valence electrons. The minimum absolute atomic E-state index is 0.0849. The number of nitrogens with zero attached hydrogens (tertiary/aromatic N) is 4. The molecule has 0 saturated carbocycles. The molecule has 0 amide bonds. The first kappa shape index (κ1) is 20.9. The summed E-state index contributed by atoms with van der Waals surface area (Å²) in [5.74, 6) is -1.90. The maximum Gasteiger partial charge on any atom is 0.251 e. The van der Waals surface area contributed by atoms with E-state index in [-0.39, 0.29) is 32.0 Å². The number of halogens is 2. The van der Waals surface area contributed by atoms with Gasteiger partial charge in [0.15, 0.2) is 0 Å². The zero-order chi connectivity index (χ0) is 22.1. The van der Waals surface area contributed by atoms with Crippen molar-refractivity contribution in [3.8, 4) is 17.2 Å². The van der Waals surface area contributed by atoms with Crippen LogP contribution in [0.3, 0.4) is 0 Å². The first-order valence-electron chi connectivity index (χ1n) is 11.0. The van der Waals surface area contributed by atoms with E-state index >= 15 is 0 Å². The summed E-state index contributed by atoms with van der Waals surface area (Å²) in [7, 11) is 0. The first-order valence-corrected chi connectivity index (χ1v) is 11.0. The molecule has 0 unspecified atom stereocenters. The third-order valence-electron chi connectivity index (χ3n) is 6.26. The van der Waals surface area contributed by atoms with E-state index < -0.39 is 5.92 Å². The molecule has 2 saturated heterocycles. The Morgan fingerprint density at radius 2 is 1.97 bits per heavy atom. The highest BCUT2D eigenvalue weighted by molar-refractivity contribution is 5.88. The number of hydrogen-bond donors (Lipinski definition) is 1. The summed E-state index contributed by atoms with van der Waals surface area (Å²) in [6.07, 6.45) is 1.74. The average molecular weight is 437 g/mol. The standard InChI is InChI=1S/C24H25F2N5O/c25-24(26)6-10-30(11-7-24)23-20(18-3-1-17(14-27)2-4-18)13-22-21(29-23)5-9-31(22)16-19-15-28-8-12-32-19/h1-5,9,13,19,28H,6-8,10-12,15-16H2/t19-/m0/s1. The van der Waals surface area contributed by atoms with Gasteiger partial charge in [-0.2, -0.15) is 5.26 Å². The van der Waals surface area contributed by atoms with Crippen molar-refractivity contribution in [3.05, 3.63) is 48.2 Å². The third-order valence-corrected chi connectivity index (χ3v) is 6.26. The van der Waals surface area contributed by atoms with Crippen LogP contribution in [0.15, 0.2) is 42.6 Å². The second-order valence-electron chi connectivity index (χ2n) is 8.46. The lowest BCUT2D eigenvalue weighted by Crippen LogP contribution is -2.40. The second kappa shape index (κ2) is 8.49. The number of pyridine rings is 1. The van der Waals surface area contributed by atoms with Gasteiger partial charge in [-0.3, -0.25) is 0 Å². The molecule has 0 radical (unpaired) electrons. The van der Waals surface area contributed by atoms with Crippen molar-refractivity contribution in [1.29, 1.82) is 5.26 Å². The molecule has 0 bridgehead atoms. The molecule has 2 aliphatic rings. The number of alkyl halides is 2. The largest absolute Gasteiger partial charge is 0.374 e. The summed E-state index contributed by atoms with van der Waals surface area (Å²) in [4.78, 5) is 6.87. The van der Waals surface area contributed by atoms with Crippen LogP contribution in [0.2, 0.25) is 0 Å². The Labute approximate surface area is 185 Å². The number of fused-ring (bicyclic) bond motifs is 1. The molecule has 1 atom stereocenters. The molecular formula is C24H25F2N5O. The summed E-state index contributed by atoms with van der Waals surface area (Å²) < 4.78 is 35.6. The topological polar surface area (TPSA) is 66.1 Å². The summed E-state index contributed by atoms with van der Waals surface area (Å²) in [5.41, 5.74) is 4.18. The third kappa shape index (κ3) is 4.18. The van der Waals surface area contributed by atoms with Gasteiger partial charge in [0.05, 0.1) is 41.9 Å². The Bertz CT molecular complexity index is 1140. The molecule has 0 spiro atoms. The second-order valence-corrected chi connectivity index (χ2v) is 8.46. The van der Waals surface area contributed by atoms with Crippen molar-refractivity contribution in [1.82, 2.24) is 14.9 Å². The summed E-state index contributed by atoms with van der Waals surface area (Å²) in [6.45, 7) is 3.60. The fraction of sp³-hybridized carbons (Fsp3) is 0.417. The molecule has 1 aromatic carbocycles. The normalized spacial score (nSPS) is 20.9. The molecule has 2 aromatic heterocycles. The lowest BCUT2D eigenvalue weighted by atomic mass is 10.0. The van der Waals surface area contributed by atoms with Gasteiger partial charge in [-0.25, -0.2) is 13.8 Å². The molecule has 1 N–H and O–H groups in total. The van der Waals surface area contributed by atoms with Gasteiger partial charge in [0.2, 0.25) is 0 Å². The molecule has 2 fully saturated rings. The molecule has 2 aliphatic heterocycles. The molecule has 6 nitrogen and oxygen atoms in total. The number of anilines is 1. The number of nitriles is 1. The Morgan fingerprint density at radius 3 is 2.66 bits per heavy atom. The van der Waals surface area contributed by atoms with E-state index in [1.165, 1.54) is 0 Å². The van der Waals surface area contributed by atoms with Crippen molar-refractivity contribution < 1.29 is 13.5 Å². The maximum absolute atomic E-state index is 13.8. The van der Waals surface area contributed by atoms with Crippen LogP contribution < -0.4 is 10.2 Å². The van der Waals surface area contributed by atoms with Gasteiger partial charge in [-0.1, -0.05) is 12.1 Å². The van der Waals surface area contributed by atoms with E-state index in [1.807, 2.05) is 29.3 Å². The van der Waals surface area contributed by atoms with Crippen molar-refractivity contribution in [2.24, 2.45) is 0 Å². The number of nitrogens with one attached hydrogen (secondary N) is 1. The van der Waals surface area contributed by atoms with Crippen LogP contribution in [-0.4, -0.2) is 54.4 Å². The Kier molecular flexibility index (Phi) is 5.53. The van der Waals surface area contributed by atoms with E-state index in [0.29, 0.717) is 24.5 Å². The van der Waals surface area contributed by atoms with Crippen LogP contribution in [0.1, 0.15) is 18.4 Å². The fourth-order valence-electron chi connectivity index (χ4n) is 4.44. The number of benzene rings is 1. The number of rotatable bonds is 4.